The number of carbonyl (C=O) groups is 2. The van der Waals surface area contributed by atoms with Gasteiger partial charge in [0.2, 0.25) is 0 Å². The van der Waals surface area contributed by atoms with E-state index in [1.165, 1.54) is 12.2 Å². The summed E-state index contributed by atoms with van der Waals surface area (Å²) in [5.41, 5.74) is 0.502. The lowest BCUT2D eigenvalue weighted by Gasteiger charge is -2.34. The number of carbonyl (C=O) groups excluding carboxylic acids is 2. The summed E-state index contributed by atoms with van der Waals surface area (Å²) in [4.78, 5) is 23.1. The van der Waals surface area contributed by atoms with Gasteiger partial charge in [0.1, 0.15) is 6.10 Å². The second-order valence-electron chi connectivity index (χ2n) is 3.82. The average molecular weight is 208 g/mol. The van der Waals surface area contributed by atoms with E-state index < -0.39 is 18.3 Å². The van der Waals surface area contributed by atoms with Gasteiger partial charge >= 0.3 is 0 Å². The van der Waals surface area contributed by atoms with E-state index >= 15 is 0 Å². The fourth-order valence-corrected chi connectivity index (χ4v) is 2.02. The zero-order valence-electron chi connectivity index (χ0n) is 8.56. The van der Waals surface area contributed by atoms with Crippen molar-refractivity contribution in [1.82, 2.24) is 0 Å². The molecule has 2 aliphatic rings. The van der Waals surface area contributed by atoms with Crippen LogP contribution < -0.4 is 0 Å². The molecule has 2 rings (SSSR count). The first-order valence-corrected chi connectivity index (χ1v) is 4.86. The third-order valence-electron chi connectivity index (χ3n) is 2.77. The highest BCUT2D eigenvalue weighted by atomic mass is 16.5. The molecule has 0 bridgehead atoms. The van der Waals surface area contributed by atoms with Crippen molar-refractivity contribution in [2.45, 2.75) is 32.2 Å². The maximum atomic E-state index is 11.6. The summed E-state index contributed by atoms with van der Waals surface area (Å²) in [7, 11) is 0. The molecule has 15 heavy (non-hydrogen) atoms. The van der Waals surface area contributed by atoms with Gasteiger partial charge in [-0.1, -0.05) is 0 Å². The zero-order valence-corrected chi connectivity index (χ0v) is 8.56. The summed E-state index contributed by atoms with van der Waals surface area (Å²) in [6.45, 7) is 3.39. The Balaban J connectivity index is 2.54. The molecular weight excluding hydrogens is 196 g/mol. The van der Waals surface area contributed by atoms with Crippen LogP contribution in [0.2, 0.25) is 0 Å². The summed E-state index contributed by atoms with van der Waals surface area (Å²) in [5, 5.41) is 9.79. The average Bonchev–Trinajstić information content (AvgIpc) is 2.18. The van der Waals surface area contributed by atoms with Crippen molar-refractivity contribution in [1.29, 1.82) is 0 Å². The Morgan fingerprint density at radius 1 is 1.13 bits per heavy atom. The van der Waals surface area contributed by atoms with Gasteiger partial charge in [0.15, 0.2) is 11.6 Å². The van der Waals surface area contributed by atoms with E-state index in [0.29, 0.717) is 5.57 Å². The number of aliphatic hydroxyl groups excluding tert-OH is 1. The molecule has 3 atom stereocenters. The van der Waals surface area contributed by atoms with Crippen LogP contribution in [0, 0.1) is 0 Å². The number of allylic oxidation sites excluding steroid dienone is 2. The van der Waals surface area contributed by atoms with Gasteiger partial charge < -0.3 is 9.84 Å². The minimum atomic E-state index is -1.00. The SMILES string of the molecule is C[C@@H]1O[C@H](C)C2=C(C(=O)C=CC2=O)[C@@H]1O. The molecule has 80 valence electrons. The van der Waals surface area contributed by atoms with Crippen molar-refractivity contribution in [3.8, 4) is 0 Å². The third-order valence-corrected chi connectivity index (χ3v) is 2.77. The normalized spacial score (nSPS) is 35.8. The molecule has 0 amide bonds. The topological polar surface area (TPSA) is 63.6 Å². The van der Waals surface area contributed by atoms with E-state index in [2.05, 4.69) is 0 Å². The van der Waals surface area contributed by atoms with Crippen LogP contribution in [0.15, 0.2) is 23.3 Å². The maximum Gasteiger partial charge on any atom is 0.185 e. The molecule has 1 aliphatic carbocycles. The van der Waals surface area contributed by atoms with E-state index in [4.69, 9.17) is 4.74 Å². The first-order chi connectivity index (χ1) is 7.02. The lowest BCUT2D eigenvalue weighted by atomic mass is 9.84. The van der Waals surface area contributed by atoms with Crippen molar-refractivity contribution >= 4 is 11.6 Å². The van der Waals surface area contributed by atoms with Crippen molar-refractivity contribution in [2.24, 2.45) is 0 Å². The summed E-state index contributed by atoms with van der Waals surface area (Å²) >= 11 is 0. The molecule has 1 N–H and O–H groups in total. The van der Waals surface area contributed by atoms with Crippen LogP contribution in [0.4, 0.5) is 0 Å². The number of ketones is 2. The molecule has 4 heteroatoms. The van der Waals surface area contributed by atoms with Crippen LogP contribution in [0.25, 0.3) is 0 Å². The number of hydrogen-bond acceptors (Lipinski definition) is 4. The Morgan fingerprint density at radius 3 is 2.27 bits per heavy atom. The largest absolute Gasteiger partial charge is 0.386 e. The highest BCUT2D eigenvalue weighted by molar-refractivity contribution is 6.21. The summed E-state index contributed by atoms with van der Waals surface area (Å²) in [6, 6.07) is 0. The zero-order chi connectivity index (χ0) is 11.2. The molecular formula is C11H12O4. The Morgan fingerprint density at radius 2 is 1.67 bits per heavy atom. The molecule has 1 aliphatic heterocycles. The predicted octanol–water partition coefficient (Wildman–Crippen LogP) is 0.159. The van der Waals surface area contributed by atoms with Gasteiger partial charge in [0.05, 0.1) is 12.2 Å². The molecule has 4 nitrogen and oxygen atoms in total. The number of ether oxygens (including phenoxy) is 1. The Labute approximate surface area is 87.2 Å². The molecule has 0 radical (unpaired) electrons. The minimum absolute atomic E-state index is 0.203. The fraction of sp³-hybridized carbons (Fsp3) is 0.455. The van der Waals surface area contributed by atoms with Crippen LogP contribution in [0.1, 0.15) is 13.8 Å². The molecule has 0 unspecified atom stereocenters. The summed E-state index contributed by atoms with van der Waals surface area (Å²) in [6.07, 6.45) is 0.540. The van der Waals surface area contributed by atoms with Crippen molar-refractivity contribution < 1.29 is 19.4 Å². The van der Waals surface area contributed by atoms with E-state index in [1.54, 1.807) is 13.8 Å². The molecule has 0 aromatic rings. The second kappa shape index (κ2) is 3.40. The van der Waals surface area contributed by atoms with Crippen LogP contribution in [-0.4, -0.2) is 35.0 Å². The van der Waals surface area contributed by atoms with Crippen LogP contribution in [-0.2, 0) is 14.3 Å². The summed E-state index contributed by atoms with van der Waals surface area (Å²) < 4.78 is 5.37. The van der Waals surface area contributed by atoms with E-state index in [-0.39, 0.29) is 17.1 Å². The lowest BCUT2D eigenvalue weighted by Crippen LogP contribution is -2.43. The van der Waals surface area contributed by atoms with Gasteiger partial charge in [-0.15, -0.1) is 0 Å². The Bertz CT molecular complexity index is 391. The third kappa shape index (κ3) is 1.46. The molecule has 0 aromatic carbocycles. The van der Waals surface area contributed by atoms with Crippen LogP contribution >= 0.6 is 0 Å². The van der Waals surface area contributed by atoms with Gasteiger partial charge in [0, 0.05) is 11.1 Å². The smallest absolute Gasteiger partial charge is 0.185 e. The minimum Gasteiger partial charge on any atom is -0.386 e. The first kappa shape index (κ1) is 10.3. The number of rotatable bonds is 0. The van der Waals surface area contributed by atoms with E-state index in [1.807, 2.05) is 0 Å². The first-order valence-electron chi connectivity index (χ1n) is 4.86. The number of aliphatic hydroxyl groups is 1. The van der Waals surface area contributed by atoms with Gasteiger partial charge in [-0.3, -0.25) is 9.59 Å². The van der Waals surface area contributed by atoms with Crippen molar-refractivity contribution in [2.75, 3.05) is 0 Å². The maximum absolute atomic E-state index is 11.6. The molecule has 0 saturated heterocycles. The Kier molecular flexibility index (Phi) is 2.32. The monoisotopic (exact) mass is 208 g/mol. The molecule has 0 fully saturated rings. The quantitative estimate of drug-likeness (QED) is 0.576. The van der Waals surface area contributed by atoms with Gasteiger partial charge in [-0.05, 0) is 26.0 Å². The molecule has 0 spiro atoms. The van der Waals surface area contributed by atoms with E-state index in [9.17, 15) is 14.7 Å². The van der Waals surface area contributed by atoms with E-state index in [0.717, 1.165) is 0 Å². The lowest BCUT2D eigenvalue weighted by molar-refractivity contribution is -0.122. The second-order valence-corrected chi connectivity index (χ2v) is 3.82. The highest BCUT2D eigenvalue weighted by Crippen LogP contribution is 2.30. The van der Waals surface area contributed by atoms with Crippen LogP contribution in [0.3, 0.4) is 0 Å². The molecule has 0 aromatic heterocycles. The molecule has 1 heterocycles. The van der Waals surface area contributed by atoms with Crippen LogP contribution in [0.5, 0.6) is 0 Å². The highest BCUT2D eigenvalue weighted by Gasteiger charge is 2.39. The van der Waals surface area contributed by atoms with Crippen molar-refractivity contribution in [3.05, 3.63) is 23.3 Å². The fourth-order valence-electron chi connectivity index (χ4n) is 2.02. The molecule has 0 saturated carbocycles. The number of hydrogen-bond donors (Lipinski definition) is 1. The summed E-state index contributed by atoms with van der Waals surface area (Å²) in [5.74, 6) is -0.540. The van der Waals surface area contributed by atoms with Gasteiger partial charge in [-0.2, -0.15) is 0 Å². The van der Waals surface area contributed by atoms with Crippen molar-refractivity contribution in [3.63, 3.8) is 0 Å². The standard InChI is InChI=1S/C11H12O4/c1-5-9-7(12)3-4-8(13)10(9)11(14)6(2)15-5/h3-6,11,14H,1-2H3/t5-,6+,11-/m1/s1. The predicted molar refractivity (Wildman–Crippen MR) is 52.2 cm³/mol. The Hall–Kier alpha value is -1.26. The van der Waals surface area contributed by atoms with Gasteiger partial charge in [-0.25, -0.2) is 0 Å². The van der Waals surface area contributed by atoms with Gasteiger partial charge in [0.25, 0.3) is 0 Å².